The van der Waals surface area contributed by atoms with Crippen LogP contribution in [-0.2, 0) is 17.9 Å². The molecule has 162 valence electrons. The van der Waals surface area contributed by atoms with E-state index in [1.807, 2.05) is 55.0 Å². The standard InChI is InChI=1S/C22H26FN7O/c1-13(17-5-7-18(23)8-6-17)11-30-12-16(10-25-30)9-24-22-26-14(2)19-20(28-22)29(4)15(3)21(31)27-19/h5-8,10,12-13,15H,9,11H2,1-4H3,(H,27,31)(H,24,26,28)/t13-,15-/m0/s1. The molecule has 1 aliphatic rings. The number of halogens is 1. The van der Waals surface area contributed by atoms with E-state index in [1.165, 1.54) is 12.1 Å². The third-order valence-corrected chi connectivity index (χ3v) is 5.65. The molecule has 1 aromatic carbocycles. The fourth-order valence-corrected chi connectivity index (χ4v) is 3.58. The van der Waals surface area contributed by atoms with Gasteiger partial charge < -0.3 is 15.5 Å². The summed E-state index contributed by atoms with van der Waals surface area (Å²) in [5.41, 5.74) is 3.43. The number of aryl methyl sites for hydroxylation is 1. The lowest BCUT2D eigenvalue weighted by Gasteiger charge is -2.32. The lowest BCUT2D eigenvalue weighted by Crippen LogP contribution is -2.44. The molecule has 0 bridgehead atoms. The highest BCUT2D eigenvalue weighted by Gasteiger charge is 2.30. The lowest BCUT2D eigenvalue weighted by atomic mass is 10.0. The molecule has 0 saturated heterocycles. The van der Waals surface area contributed by atoms with Gasteiger partial charge in [-0.25, -0.2) is 9.37 Å². The molecule has 2 atom stereocenters. The van der Waals surface area contributed by atoms with Crippen molar-refractivity contribution >= 4 is 23.4 Å². The number of nitrogens with zero attached hydrogens (tertiary/aromatic N) is 5. The number of hydrogen-bond acceptors (Lipinski definition) is 6. The van der Waals surface area contributed by atoms with Crippen molar-refractivity contribution in [3.8, 4) is 0 Å². The molecule has 3 aromatic rings. The molecule has 0 radical (unpaired) electrons. The van der Waals surface area contributed by atoms with Gasteiger partial charge in [0.15, 0.2) is 5.82 Å². The van der Waals surface area contributed by atoms with Gasteiger partial charge in [0.25, 0.3) is 0 Å². The molecular formula is C22H26FN7O. The monoisotopic (exact) mass is 423 g/mol. The van der Waals surface area contributed by atoms with Crippen molar-refractivity contribution in [1.29, 1.82) is 0 Å². The zero-order chi connectivity index (χ0) is 22.1. The summed E-state index contributed by atoms with van der Waals surface area (Å²) in [4.78, 5) is 23.0. The molecule has 1 aliphatic heterocycles. The number of nitrogens with one attached hydrogen (secondary N) is 2. The van der Waals surface area contributed by atoms with Crippen LogP contribution < -0.4 is 15.5 Å². The quantitative estimate of drug-likeness (QED) is 0.633. The maximum Gasteiger partial charge on any atom is 0.246 e. The highest BCUT2D eigenvalue weighted by molar-refractivity contribution is 6.03. The second kappa shape index (κ2) is 8.33. The predicted molar refractivity (Wildman–Crippen MR) is 118 cm³/mol. The first-order valence-corrected chi connectivity index (χ1v) is 10.2. The van der Waals surface area contributed by atoms with Crippen LogP contribution in [0, 0.1) is 12.7 Å². The molecule has 2 aromatic heterocycles. The minimum atomic E-state index is -0.295. The van der Waals surface area contributed by atoms with Crippen LogP contribution in [0.25, 0.3) is 0 Å². The van der Waals surface area contributed by atoms with Gasteiger partial charge in [-0.3, -0.25) is 9.48 Å². The highest BCUT2D eigenvalue weighted by Crippen LogP contribution is 2.32. The van der Waals surface area contributed by atoms with E-state index in [4.69, 9.17) is 0 Å². The van der Waals surface area contributed by atoms with E-state index in [0.717, 1.165) is 11.1 Å². The van der Waals surface area contributed by atoms with E-state index in [1.54, 1.807) is 0 Å². The number of aromatic nitrogens is 4. The summed E-state index contributed by atoms with van der Waals surface area (Å²) >= 11 is 0. The van der Waals surface area contributed by atoms with E-state index < -0.39 is 0 Å². The summed E-state index contributed by atoms with van der Waals surface area (Å²) in [6.45, 7) is 7.00. The topological polar surface area (TPSA) is 88.0 Å². The Kier molecular flexibility index (Phi) is 5.58. The molecule has 3 heterocycles. The first-order chi connectivity index (χ1) is 14.8. The van der Waals surface area contributed by atoms with Crippen LogP contribution in [0.2, 0.25) is 0 Å². The maximum absolute atomic E-state index is 13.1. The Morgan fingerprint density at radius 1 is 1.26 bits per heavy atom. The second-order valence-electron chi connectivity index (χ2n) is 7.98. The summed E-state index contributed by atoms with van der Waals surface area (Å²) in [6, 6.07) is 6.28. The van der Waals surface area contributed by atoms with E-state index >= 15 is 0 Å². The molecule has 8 nitrogen and oxygen atoms in total. The first kappa shape index (κ1) is 20.8. The molecule has 0 unspecified atom stereocenters. The number of carbonyl (C=O) groups excluding carboxylic acids is 1. The molecule has 31 heavy (non-hydrogen) atoms. The SMILES string of the molecule is Cc1nc(NCc2cnn(C[C@H](C)c3ccc(F)cc3)c2)nc2c1NC(=O)[C@H](C)N2C. The molecule has 9 heteroatoms. The molecule has 1 amide bonds. The number of anilines is 3. The van der Waals surface area contributed by atoms with Crippen LogP contribution in [0.4, 0.5) is 21.8 Å². The van der Waals surface area contributed by atoms with Gasteiger partial charge in [-0.2, -0.15) is 10.1 Å². The van der Waals surface area contributed by atoms with Gasteiger partial charge in [0.2, 0.25) is 11.9 Å². The van der Waals surface area contributed by atoms with E-state index in [0.29, 0.717) is 36.2 Å². The Bertz CT molecular complexity index is 1100. The van der Waals surface area contributed by atoms with Crippen LogP contribution >= 0.6 is 0 Å². The van der Waals surface area contributed by atoms with Gasteiger partial charge in [0.05, 0.1) is 11.9 Å². The minimum Gasteiger partial charge on any atom is -0.350 e. The summed E-state index contributed by atoms with van der Waals surface area (Å²) in [7, 11) is 1.85. The van der Waals surface area contributed by atoms with Gasteiger partial charge in [0.1, 0.15) is 17.5 Å². The Labute approximate surface area is 180 Å². The lowest BCUT2D eigenvalue weighted by molar-refractivity contribution is -0.117. The van der Waals surface area contributed by atoms with Crippen molar-refractivity contribution in [2.75, 3.05) is 22.6 Å². The predicted octanol–water partition coefficient (Wildman–Crippen LogP) is 3.31. The molecule has 0 saturated carbocycles. The van der Waals surface area contributed by atoms with E-state index in [9.17, 15) is 9.18 Å². The molecule has 0 aliphatic carbocycles. The van der Waals surface area contributed by atoms with Crippen LogP contribution in [0.3, 0.4) is 0 Å². The fourth-order valence-electron chi connectivity index (χ4n) is 3.58. The zero-order valence-corrected chi connectivity index (χ0v) is 18.1. The fraction of sp³-hybridized carbons (Fsp3) is 0.364. The molecule has 4 rings (SSSR count). The number of rotatable bonds is 6. The van der Waals surface area contributed by atoms with Gasteiger partial charge in [0, 0.05) is 37.8 Å². The minimum absolute atomic E-state index is 0.0651. The first-order valence-electron chi connectivity index (χ1n) is 10.2. The van der Waals surface area contributed by atoms with Gasteiger partial charge in [-0.15, -0.1) is 0 Å². The number of fused-ring (bicyclic) bond motifs is 1. The second-order valence-corrected chi connectivity index (χ2v) is 7.98. The highest BCUT2D eigenvalue weighted by atomic mass is 19.1. The Balaban J connectivity index is 1.41. The van der Waals surface area contributed by atoms with Crippen molar-refractivity contribution in [3.05, 3.63) is 59.3 Å². The Hall–Kier alpha value is -3.49. The number of hydrogen-bond donors (Lipinski definition) is 2. The van der Waals surface area contributed by atoms with Crippen molar-refractivity contribution in [3.63, 3.8) is 0 Å². The van der Waals surface area contributed by atoms with Crippen molar-refractivity contribution in [2.24, 2.45) is 0 Å². The van der Waals surface area contributed by atoms with Crippen LogP contribution in [0.1, 0.15) is 36.6 Å². The molecular weight excluding hydrogens is 397 g/mol. The van der Waals surface area contributed by atoms with Gasteiger partial charge in [-0.05, 0) is 31.5 Å². The van der Waals surface area contributed by atoms with Crippen molar-refractivity contribution in [2.45, 2.75) is 45.8 Å². The number of likely N-dealkylation sites (N-methyl/N-ethyl adjacent to an activating group) is 1. The number of amides is 1. The maximum atomic E-state index is 13.1. The van der Waals surface area contributed by atoms with Crippen LogP contribution in [0.5, 0.6) is 0 Å². The molecule has 0 spiro atoms. The van der Waals surface area contributed by atoms with E-state index in [2.05, 4.69) is 32.6 Å². The summed E-state index contributed by atoms with van der Waals surface area (Å²) < 4.78 is 15.0. The number of benzene rings is 1. The summed E-state index contributed by atoms with van der Waals surface area (Å²) in [6.07, 6.45) is 3.79. The third kappa shape index (κ3) is 4.35. The Morgan fingerprint density at radius 3 is 2.74 bits per heavy atom. The van der Waals surface area contributed by atoms with E-state index in [-0.39, 0.29) is 23.7 Å². The average molecular weight is 423 g/mol. The Morgan fingerprint density at radius 2 is 2.00 bits per heavy atom. The van der Waals surface area contributed by atoms with Gasteiger partial charge >= 0.3 is 0 Å². The molecule has 2 N–H and O–H groups in total. The van der Waals surface area contributed by atoms with Crippen molar-refractivity contribution < 1.29 is 9.18 Å². The zero-order valence-electron chi connectivity index (χ0n) is 18.1. The number of carbonyl (C=O) groups is 1. The summed E-state index contributed by atoms with van der Waals surface area (Å²) in [5, 5.41) is 10.6. The largest absolute Gasteiger partial charge is 0.350 e. The summed E-state index contributed by atoms with van der Waals surface area (Å²) in [5.74, 6) is 1.11. The molecule has 0 fully saturated rings. The third-order valence-electron chi connectivity index (χ3n) is 5.65. The van der Waals surface area contributed by atoms with Crippen LogP contribution in [-0.4, -0.2) is 38.7 Å². The average Bonchev–Trinajstić information content (AvgIpc) is 3.19. The van der Waals surface area contributed by atoms with Crippen LogP contribution in [0.15, 0.2) is 36.7 Å². The normalized spacial score (nSPS) is 16.6. The smallest absolute Gasteiger partial charge is 0.246 e. The van der Waals surface area contributed by atoms with Crippen molar-refractivity contribution in [1.82, 2.24) is 19.7 Å². The van der Waals surface area contributed by atoms with Gasteiger partial charge in [-0.1, -0.05) is 19.1 Å².